The maximum atomic E-state index is 12.9. The van der Waals surface area contributed by atoms with Crippen LogP contribution in [0.2, 0.25) is 0 Å². The zero-order valence-electron chi connectivity index (χ0n) is 14.7. The number of pyridine rings is 1. The van der Waals surface area contributed by atoms with Gasteiger partial charge in [-0.05, 0) is 62.4 Å². The summed E-state index contributed by atoms with van der Waals surface area (Å²) in [6.45, 7) is 8.00. The largest absolute Gasteiger partial charge is 0.298 e. The summed E-state index contributed by atoms with van der Waals surface area (Å²) in [5.74, 6) is -0.747. The fourth-order valence-corrected chi connectivity index (χ4v) is 3.85. The smallest absolute Gasteiger partial charge is 0.151 e. The summed E-state index contributed by atoms with van der Waals surface area (Å²) in [5.41, 5.74) is 6.12. The summed E-state index contributed by atoms with van der Waals surface area (Å²) in [4.78, 5) is 29.9. The van der Waals surface area contributed by atoms with E-state index in [4.69, 9.17) is 0 Å². The Morgan fingerprint density at radius 2 is 1.67 bits per heavy atom. The summed E-state index contributed by atoms with van der Waals surface area (Å²) in [5, 5.41) is 0. The Bertz CT molecular complexity index is 782. The van der Waals surface area contributed by atoms with E-state index in [-0.39, 0.29) is 17.5 Å². The second-order valence-electron chi connectivity index (χ2n) is 7.05. The van der Waals surface area contributed by atoms with Crippen LogP contribution in [-0.2, 0) is 16.0 Å². The zero-order chi connectivity index (χ0) is 17.4. The van der Waals surface area contributed by atoms with E-state index in [1.165, 1.54) is 0 Å². The van der Waals surface area contributed by atoms with Crippen molar-refractivity contribution in [1.82, 2.24) is 4.98 Å². The highest BCUT2D eigenvalue weighted by Gasteiger charge is 2.43. The average molecular weight is 321 g/mol. The first-order chi connectivity index (χ1) is 11.4. The first kappa shape index (κ1) is 16.6. The van der Waals surface area contributed by atoms with Crippen molar-refractivity contribution in [3.05, 3.63) is 64.0 Å². The van der Waals surface area contributed by atoms with E-state index in [1.54, 1.807) is 0 Å². The molecule has 1 fully saturated rings. The van der Waals surface area contributed by atoms with Gasteiger partial charge in [0, 0.05) is 24.2 Å². The van der Waals surface area contributed by atoms with Crippen LogP contribution in [0.5, 0.6) is 0 Å². The number of hydrogen-bond donors (Lipinski definition) is 0. The first-order valence-electron chi connectivity index (χ1n) is 8.42. The molecule has 3 rings (SSSR count). The minimum atomic E-state index is -0.596. The van der Waals surface area contributed by atoms with Gasteiger partial charge >= 0.3 is 0 Å². The number of rotatable bonds is 3. The summed E-state index contributed by atoms with van der Waals surface area (Å²) in [6.07, 6.45) is 2.68. The molecule has 0 N–H and O–H groups in total. The number of carbonyl (C=O) groups is 2. The number of aryl methyl sites for hydroxylation is 4. The molecule has 1 saturated carbocycles. The Hall–Kier alpha value is -2.29. The standard InChI is InChI=1S/C21H23NO2/c1-12-5-6-17(22-11-12)9-16-10-18(23)20(21(16)24)19-14(3)7-13(2)8-15(19)4/h5-8,11,16,20H,9-10H2,1-4H3. The number of carbonyl (C=O) groups excluding carboxylic acids is 2. The Morgan fingerprint density at radius 1 is 1.00 bits per heavy atom. The van der Waals surface area contributed by atoms with E-state index in [9.17, 15) is 9.59 Å². The van der Waals surface area contributed by atoms with Crippen molar-refractivity contribution in [3.8, 4) is 0 Å². The van der Waals surface area contributed by atoms with Crippen LogP contribution in [0.15, 0.2) is 30.5 Å². The lowest BCUT2D eigenvalue weighted by Gasteiger charge is -2.16. The van der Waals surface area contributed by atoms with E-state index >= 15 is 0 Å². The molecule has 24 heavy (non-hydrogen) atoms. The lowest BCUT2D eigenvalue weighted by molar-refractivity contribution is -0.124. The van der Waals surface area contributed by atoms with Crippen LogP contribution in [0.4, 0.5) is 0 Å². The SMILES string of the molecule is Cc1ccc(CC2CC(=O)C(c3c(C)cc(C)cc3C)C2=O)nc1. The molecule has 1 aromatic heterocycles. The highest BCUT2D eigenvalue weighted by molar-refractivity contribution is 6.15. The van der Waals surface area contributed by atoms with Crippen molar-refractivity contribution in [2.24, 2.45) is 5.92 Å². The summed E-state index contributed by atoms with van der Waals surface area (Å²) in [6, 6.07) is 8.05. The van der Waals surface area contributed by atoms with Crippen LogP contribution in [-0.4, -0.2) is 16.6 Å². The predicted octanol–water partition coefficient (Wildman–Crippen LogP) is 3.80. The van der Waals surface area contributed by atoms with Crippen LogP contribution in [0, 0.1) is 33.6 Å². The van der Waals surface area contributed by atoms with Crippen molar-refractivity contribution in [2.75, 3.05) is 0 Å². The van der Waals surface area contributed by atoms with Gasteiger partial charge in [0.1, 0.15) is 11.7 Å². The van der Waals surface area contributed by atoms with E-state index < -0.39 is 5.92 Å². The molecule has 3 heteroatoms. The number of benzene rings is 1. The first-order valence-corrected chi connectivity index (χ1v) is 8.42. The molecule has 2 atom stereocenters. The fraction of sp³-hybridized carbons (Fsp3) is 0.381. The van der Waals surface area contributed by atoms with Crippen LogP contribution in [0.25, 0.3) is 0 Å². The van der Waals surface area contributed by atoms with Crippen LogP contribution >= 0.6 is 0 Å². The molecule has 1 aliphatic rings. The van der Waals surface area contributed by atoms with E-state index in [2.05, 4.69) is 17.1 Å². The molecule has 2 unspecified atom stereocenters. The fourth-order valence-electron chi connectivity index (χ4n) is 3.85. The van der Waals surface area contributed by atoms with Crippen LogP contribution < -0.4 is 0 Å². The van der Waals surface area contributed by atoms with E-state index in [1.807, 2.05) is 46.0 Å². The van der Waals surface area contributed by atoms with Crippen molar-refractivity contribution in [2.45, 2.75) is 46.5 Å². The minimum Gasteiger partial charge on any atom is -0.298 e. The molecular formula is C21H23NO2. The molecule has 0 spiro atoms. The molecule has 3 nitrogen and oxygen atoms in total. The van der Waals surface area contributed by atoms with Gasteiger partial charge in [0.25, 0.3) is 0 Å². The Morgan fingerprint density at radius 3 is 2.25 bits per heavy atom. The molecule has 0 bridgehead atoms. The van der Waals surface area contributed by atoms with Gasteiger partial charge in [-0.1, -0.05) is 23.8 Å². The van der Waals surface area contributed by atoms with Gasteiger partial charge in [-0.2, -0.15) is 0 Å². The van der Waals surface area contributed by atoms with Gasteiger partial charge in [-0.3, -0.25) is 14.6 Å². The highest BCUT2D eigenvalue weighted by atomic mass is 16.2. The van der Waals surface area contributed by atoms with Crippen molar-refractivity contribution in [1.29, 1.82) is 0 Å². The number of hydrogen-bond acceptors (Lipinski definition) is 3. The number of aromatic nitrogens is 1. The topological polar surface area (TPSA) is 47.0 Å². The third-order valence-electron chi connectivity index (χ3n) is 4.91. The summed E-state index contributed by atoms with van der Waals surface area (Å²) < 4.78 is 0. The quantitative estimate of drug-likeness (QED) is 0.808. The maximum absolute atomic E-state index is 12.9. The molecule has 1 heterocycles. The average Bonchev–Trinajstić information content (AvgIpc) is 2.76. The van der Waals surface area contributed by atoms with Gasteiger partial charge in [0.2, 0.25) is 0 Å². The zero-order valence-corrected chi connectivity index (χ0v) is 14.7. The van der Waals surface area contributed by atoms with E-state index in [0.717, 1.165) is 33.5 Å². The lowest BCUT2D eigenvalue weighted by Crippen LogP contribution is -2.19. The molecule has 0 saturated heterocycles. The summed E-state index contributed by atoms with van der Waals surface area (Å²) >= 11 is 0. The molecular weight excluding hydrogens is 298 g/mol. The van der Waals surface area contributed by atoms with Crippen molar-refractivity contribution < 1.29 is 9.59 Å². The molecule has 0 aliphatic heterocycles. The molecule has 2 aromatic rings. The van der Waals surface area contributed by atoms with Gasteiger partial charge in [-0.15, -0.1) is 0 Å². The van der Waals surface area contributed by atoms with Crippen LogP contribution in [0.3, 0.4) is 0 Å². The van der Waals surface area contributed by atoms with Gasteiger partial charge in [0.05, 0.1) is 0 Å². The molecule has 124 valence electrons. The second-order valence-corrected chi connectivity index (χ2v) is 7.05. The van der Waals surface area contributed by atoms with E-state index in [0.29, 0.717) is 12.8 Å². The molecule has 0 radical (unpaired) electrons. The van der Waals surface area contributed by atoms with Gasteiger partial charge in [-0.25, -0.2) is 0 Å². The predicted molar refractivity (Wildman–Crippen MR) is 94.2 cm³/mol. The molecule has 1 aromatic carbocycles. The molecule has 0 amide bonds. The molecule has 1 aliphatic carbocycles. The monoisotopic (exact) mass is 321 g/mol. The number of Topliss-reactive ketones (excluding diaryl/α,β-unsaturated/α-hetero) is 2. The Kier molecular flexibility index (Phi) is 4.35. The van der Waals surface area contributed by atoms with Gasteiger partial charge < -0.3 is 0 Å². The van der Waals surface area contributed by atoms with Crippen molar-refractivity contribution >= 4 is 11.6 Å². The Balaban J connectivity index is 1.88. The van der Waals surface area contributed by atoms with Gasteiger partial charge in [0.15, 0.2) is 5.78 Å². The number of ketones is 2. The van der Waals surface area contributed by atoms with Crippen molar-refractivity contribution in [3.63, 3.8) is 0 Å². The normalized spacial score (nSPS) is 20.7. The third-order valence-corrected chi connectivity index (χ3v) is 4.91. The Labute approximate surface area is 143 Å². The van der Waals surface area contributed by atoms with Crippen LogP contribution in [0.1, 0.15) is 45.8 Å². The summed E-state index contributed by atoms with van der Waals surface area (Å²) in [7, 11) is 0. The lowest BCUT2D eigenvalue weighted by atomic mass is 9.86. The number of nitrogens with zero attached hydrogens (tertiary/aromatic N) is 1. The second kappa shape index (κ2) is 6.31. The minimum absolute atomic E-state index is 0.0483. The highest BCUT2D eigenvalue weighted by Crippen LogP contribution is 2.37. The maximum Gasteiger partial charge on any atom is 0.151 e. The third kappa shape index (κ3) is 3.03.